The van der Waals surface area contributed by atoms with E-state index in [0.29, 0.717) is 18.7 Å². The summed E-state index contributed by atoms with van der Waals surface area (Å²) in [6, 6.07) is 11.9. The molecule has 1 aromatic heterocycles. The van der Waals surface area contributed by atoms with Gasteiger partial charge < -0.3 is 14.8 Å². The van der Waals surface area contributed by atoms with Gasteiger partial charge in [-0.1, -0.05) is 6.07 Å². The van der Waals surface area contributed by atoms with Crippen molar-refractivity contribution in [3.05, 3.63) is 52.2 Å². The first-order chi connectivity index (χ1) is 13.8. The Morgan fingerprint density at radius 1 is 1.21 bits per heavy atom. The largest absolute Gasteiger partial charge is 0.491 e. The number of nitrogens with one attached hydrogen (secondary N) is 1. The van der Waals surface area contributed by atoms with Crippen LogP contribution in [0.3, 0.4) is 0 Å². The third-order valence-corrected chi connectivity index (χ3v) is 6.46. The van der Waals surface area contributed by atoms with E-state index in [9.17, 15) is 4.79 Å². The van der Waals surface area contributed by atoms with Crippen LogP contribution in [0.15, 0.2) is 41.8 Å². The third-order valence-electron chi connectivity index (χ3n) is 5.49. The van der Waals surface area contributed by atoms with Gasteiger partial charge in [0.2, 0.25) is 0 Å². The van der Waals surface area contributed by atoms with Gasteiger partial charge in [0.25, 0.3) is 5.91 Å². The van der Waals surface area contributed by atoms with Crippen molar-refractivity contribution >= 4 is 17.2 Å². The molecule has 2 unspecified atom stereocenters. The molecule has 28 heavy (non-hydrogen) atoms. The first-order valence-electron chi connectivity index (χ1n) is 10.2. The quantitative estimate of drug-likeness (QED) is 0.731. The van der Waals surface area contributed by atoms with Crippen LogP contribution >= 0.6 is 11.3 Å². The topological polar surface area (TPSA) is 50.8 Å². The second-order valence-electron chi connectivity index (χ2n) is 7.45. The van der Waals surface area contributed by atoms with Crippen LogP contribution in [0.1, 0.15) is 47.0 Å². The van der Waals surface area contributed by atoms with Crippen molar-refractivity contribution in [1.29, 1.82) is 0 Å². The van der Waals surface area contributed by atoms with Crippen molar-refractivity contribution in [2.24, 2.45) is 0 Å². The van der Waals surface area contributed by atoms with Gasteiger partial charge in [-0.25, -0.2) is 0 Å². The average molecular weight is 401 g/mol. The monoisotopic (exact) mass is 400 g/mol. The number of carbonyl (C=O) groups is 1. The summed E-state index contributed by atoms with van der Waals surface area (Å²) in [5.74, 6) is 0.743. The molecule has 2 fully saturated rings. The molecule has 0 bridgehead atoms. The fourth-order valence-corrected chi connectivity index (χ4v) is 4.76. The van der Waals surface area contributed by atoms with Gasteiger partial charge in [-0.15, -0.1) is 11.3 Å². The zero-order chi connectivity index (χ0) is 19.2. The first-order valence-corrected chi connectivity index (χ1v) is 11.1. The van der Waals surface area contributed by atoms with Gasteiger partial charge in [0.1, 0.15) is 12.4 Å². The summed E-state index contributed by atoms with van der Waals surface area (Å²) in [7, 11) is 0. The highest BCUT2D eigenvalue weighted by atomic mass is 32.1. The molecule has 0 radical (unpaired) electrons. The number of benzene rings is 1. The van der Waals surface area contributed by atoms with Gasteiger partial charge in [-0.2, -0.15) is 0 Å². The minimum atomic E-state index is -0.0357. The lowest BCUT2D eigenvalue weighted by molar-refractivity contribution is 0.0679. The summed E-state index contributed by atoms with van der Waals surface area (Å²) < 4.78 is 11.3. The van der Waals surface area contributed by atoms with Crippen molar-refractivity contribution in [1.82, 2.24) is 10.2 Å². The molecule has 0 aliphatic carbocycles. The molecule has 4 rings (SSSR count). The number of ether oxygens (including phenoxy) is 2. The number of carbonyl (C=O) groups excluding carboxylic acids is 1. The SMILES string of the molecule is O=C(NCC(c1cccs1)N1CCCC1)c1ccc(OCC2CCCO2)cc1. The van der Waals surface area contributed by atoms with E-state index in [-0.39, 0.29) is 18.1 Å². The van der Waals surface area contributed by atoms with Crippen molar-refractivity contribution in [3.63, 3.8) is 0 Å². The smallest absolute Gasteiger partial charge is 0.251 e. The number of hydrogen-bond donors (Lipinski definition) is 1. The zero-order valence-corrected chi connectivity index (χ0v) is 17.0. The molecular weight excluding hydrogens is 372 g/mol. The van der Waals surface area contributed by atoms with E-state index in [4.69, 9.17) is 9.47 Å². The van der Waals surface area contributed by atoms with Gasteiger partial charge >= 0.3 is 0 Å². The highest BCUT2D eigenvalue weighted by molar-refractivity contribution is 7.10. The molecule has 0 spiro atoms. The first kappa shape index (κ1) is 19.4. The van der Waals surface area contributed by atoms with E-state index in [1.807, 2.05) is 24.3 Å². The van der Waals surface area contributed by atoms with Gasteiger partial charge in [-0.3, -0.25) is 9.69 Å². The third kappa shape index (κ3) is 4.93. The van der Waals surface area contributed by atoms with Crippen molar-refractivity contribution in [2.75, 3.05) is 32.8 Å². The lowest BCUT2D eigenvalue weighted by Crippen LogP contribution is -2.36. The van der Waals surface area contributed by atoms with Crippen LogP contribution in [-0.4, -0.2) is 49.8 Å². The van der Waals surface area contributed by atoms with E-state index in [2.05, 4.69) is 27.7 Å². The molecule has 2 saturated heterocycles. The molecule has 3 heterocycles. The standard InChI is InChI=1S/C22H28N2O3S/c25-22(17-7-9-18(10-8-17)27-16-19-5-3-13-26-19)23-15-20(21-6-4-14-28-21)24-11-1-2-12-24/h4,6-10,14,19-20H,1-3,5,11-13,15-16H2,(H,23,25). The fourth-order valence-electron chi connectivity index (χ4n) is 3.90. The lowest BCUT2D eigenvalue weighted by atomic mass is 10.1. The molecule has 2 aliphatic rings. The Bertz CT molecular complexity index is 736. The lowest BCUT2D eigenvalue weighted by Gasteiger charge is -2.27. The minimum Gasteiger partial charge on any atom is -0.491 e. The van der Waals surface area contributed by atoms with E-state index in [0.717, 1.165) is 38.3 Å². The summed E-state index contributed by atoms with van der Waals surface area (Å²) in [4.78, 5) is 16.4. The van der Waals surface area contributed by atoms with Crippen LogP contribution < -0.4 is 10.1 Å². The van der Waals surface area contributed by atoms with Crippen LogP contribution in [0.5, 0.6) is 5.75 Å². The minimum absolute atomic E-state index is 0.0357. The number of nitrogens with zero attached hydrogens (tertiary/aromatic N) is 1. The Labute approximate surface area is 170 Å². The molecule has 6 heteroatoms. The van der Waals surface area contributed by atoms with Gasteiger partial charge in [0.05, 0.1) is 12.1 Å². The van der Waals surface area contributed by atoms with E-state index in [1.54, 1.807) is 11.3 Å². The molecule has 2 aromatic rings. The predicted molar refractivity (Wildman–Crippen MR) is 111 cm³/mol. The summed E-state index contributed by atoms with van der Waals surface area (Å²) in [5, 5.41) is 5.23. The number of hydrogen-bond acceptors (Lipinski definition) is 5. The van der Waals surface area contributed by atoms with Crippen LogP contribution in [-0.2, 0) is 4.74 Å². The Morgan fingerprint density at radius 3 is 2.71 bits per heavy atom. The average Bonchev–Trinajstić information content (AvgIpc) is 3.51. The molecule has 0 saturated carbocycles. The second kappa shape index (κ2) is 9.54. The molecule has 1 aromatic carbocycles. The zero-order valence-electron chi connectivity index (χ0n) is 16.1. The van der Waals surface area contributed by atoms with Gasteiger partial charge in [0, 0.05) is 23.6 Å². The molecular formula is C22H28N2O3S. The number of thiophene rings is 1. The van der Waals surface area contributed by atoms with E-state index >= 15 is 0 Å². The molecule has 2 aliphatic heterocycles. The van der Waals surface area contributed by atoms with E-state index in [1.165, 1.54) is 17.7 Å². The van der Waals surface area contributed by atoms with Crippen molar-refractivity contribution in [2.45, 2.75) is 37.8 Å². The number of rotatable bonds is 8. The van der Waals surface area contributed by atoms with Gasteiger partial charge in [-0.05, 0) is 74.5 Å². The Balaban J connectivity index is 1.30. The van der Waals surface area contributed by atoms with Crippen molar-refractivity contribution < 1.29 is 14.3 Å². The Kier molecular flexibility index (Phi) is 6.62. The Morgan fingerprint density at radius 2 is 2.04 bits per heavy atom. The van der Waals surface area contributed by atoms with Crippen LogP contribution in [0.2, 0.25) is 0 Å². The maximum Gasteiger partial charge on any atom is 0.251 e. The maximum atomic E-state index is 12.6. The van der Waals surface area contributed by atoms with Gasteiger partial charge in [0.15, 0.2) is 0 Å². The molecule has 1 amide bonds. The highest BCUT2D eigenvalue weighted by Crippen LogP contribution is 2.28. The maximum absolute atomic E-state index is 12.6. The summed E-state index contributed by atoms with van der Waals surface area (Å²) in [6.45, 7) is 4.25. The highest BCUT2D eigenvalue weighted by Gasteiger charge is 2.24. The molecule has 5 nitrogen and oxygen atoms in total. The normalized spacial score (nSPS) is 20.9. The molecule has 1 N–H and O–H groups in total. The molecule has 2 atom stereocenters. The summed E-state index contributed by atoms with van der Waals surface area (Å²) in [5.41, 5.74) is 0.663. The Hall–Kier alpha value is -1.89. The second-order valence-corrected chi connectivity index (χ2v) is 8.43. The van der Waals surface area contributed by atoms with Crippen LogP contribution in [0.25, 0.3) is 0 Å². The number of likely N-dealkylation sites (tertiary alicyclic amines) is 1. The number of amides is 1. The van der Waals surface area contributed by atoms with E-state index < -0.39 is 0 Å². The summed E-state index contributed by atoms with van der Waals surface area (Å²) in [6.07, 6.45) is 4.84. The molecule has 150 valence electrons. The van der Waals surface area contributed by atoms with Crippen LogP contribution in [0.4, 0.5) is 0 Å². The summed E-state index contributed by atoms with van der Waals surface area (Å²) >= 11 is 1.76. The fraction of sp³-hybridized carbons (Fsp3) is 0.500. The predicted octanol–water partition coefficient (Wildman–Crippen LogP) is 3.87. The van der Waals surface area contributed by atoms with Crippen LogP contribution in [0, 0.1) is 0 Å². The van der Waals surface area contributed by atoms with Crippen molar-refractivity contribution in [3.8, 4) is 5.75 Å².